The number of carboxylic acids is 1. The first-order valence-corrected chi connectivity index (χ1v) is 11.5. The molecule has 0 saturated heterocycles. The Kier molecular flexibility index (Phi) is 5.00. The first-order valence-electron chi connectivity index (χ1n) is 11.1. The van der Waals surface area contributed by atoms with Gasteiger partial charge in [0.1, 0.15) is 10.8 Å². The summed E-state index contributed by atoms with van der Waals surface area (Å²) in [5.41, 5.74) is 1.18. The summed E-state index contributed by atoms with van der Waals surface area (Å²) in [5, 5.41) is 17.4. The molecular weight excluding hydrogens is 430 g/mol. The minimum Gasteiger partial charge on any atom is -0.495 e. The van der Waals surface area contributed by atoms with Gasteiger partial charge in [-0.25, -0.2) is 4.68 Å². The number of rotatable bonds is 6. The summed E-state index contributed by atoms with van der Waals surface area (Å²) in [7, 11) is 1.59. The van der Waals surface area contributed by atoms with Gasteiger partial charge in [0.2, 0.25) is 0 Å². The van der Waals surface area contributed by atoms with Crippen molar-refractivity contribution in [2.75, 3.05) is 12.4 Å². The van der Waals surface area contributed by atoms with E-state index in [1.165, 1.54) is 0 Å². The Hall–Kier alpha value is -2.54. The molecule has 0 unspecified atom stereocenters. The quantitative estimate of drug-likeness (QED) is 0.651. The highest BCUT2D eigenvalue weighted by molar-refractivity contribution is 6.33. The van der Waals surface area contributed by atoms with E-state index in [1.807, 2.05) is 25.1 Å². The van der Waals surface area contributed by atoms with Gasteiger partial charge in [-0.2, -0.15) is 5.10 Å². The van der Waals surface area contributed by atoms with Crippen LogP contribution in [0.4, 0.5) is 11.4 Å². The Morgan fingerprint density at radius 3 is 2.66 bits per heavy atom. The molecule has 0 aliphatic heterocycles. The normalized spacial score (nSPS) is 30.3. The summed E-state index contributed by atoms with van der Waals surface area (Å²) in [6.07, 6.45) is 7.18. The van der Waals surface area contributed by atoms with Gasteiger partial charge in [0.25, 0.3) is 5.56 Å². The molecule has 7 nitrogen and oxygen atoms in total. The summed E-state index contributed by atoms with van der Waals surface area (Å²) in [4.78, 5) is 25.0. The smallest absolute Gasteiger partial charge is 0.303 e. The van der Waals surface area contributed by atoms with Crippen molar-refractivity contribution >= 4 is 28.9 Å². The van der Waals surface area contributed by atoms with Gasteiger partial charge < -0.3 is 15.2 Å². The Labute approximate surface area is 191 Å². The third-order valence-corrected chi connectivity index (χ3v) is 8.04. The number of aryl methyl sites for hydroxylation is 1. The lowest BCUT2D eigenvalue weighted by atomic mass is 9.46. The predicted octanol–water partition coefficient (Wildman–Crippen LogP) is 4.73. The maximum absolute atomic E-state index is 13.4. The number of hydrogen-bond donors (Lipinski definition) is 2. The predicted molar refractivity (Wildman–Crippen MR) is 122 cm³/mol. The Balaban J connectivity index is 1.51. The van der Waals surface area contributed by atoms with Crippen LogP contribution in [0.3, 0.4) is 0 Å². The molecule has 4 saturated carbocycles. The lowest BCUT2D eigenvalue weighted by Gasteiger charge is -2.61. The number of benzene rings is 1. The van der Waals surface area contributed by atoms with Gasteiger partial charge >= 0.3 is 5.97 Å². The van der Waals surface area contributed by atoms with E-state index in [9.17, 15) is 14.7 Å². The Bertz CT molecular complexity index is 1130. The number of methoxy groups -OCH3 is 1. The lowest BCUT2D eigenvalue weighted by molar-refractivity contribution is -0.151. The van der Waals surface area contributed by atoms with Gasteiger partial charge in [-0.05, 0) is 80.4 Å². The number of aliphatic carboxylic acids is 1. The molecule has 0 radical (unpaired) electrons. The minimum atomic E-state index is -0.757. The van der Waals surface area contributed by atoms with Crippen LogP contribution in [0.2, 0.25) is 5.02 Å². The van der Waals surface area contributed by atoms with E-state index in [-0.39, 0.29) is 22.4 Å². The van der Waals surface area contributed by atoms with E-state index in [4.69, 9.17) is 16.3 Å². The van der Waals surface area contributed by atoms with Gasteiger partial charge in [0.05, 0.1) is 36.6 Å². The SMILES string of the molecule is COc1ccc(C)cc1Nc1cnn(C23C[C@H]4C[C@@H](CC(CC(=O)O)(C4)C2)C3)c(=O)c1Cl. The average Bonchev–Trinajstić information content (AvgIpc) is 2.69. The number of ether oxygens (including phenoxy) is 1. The van der Waals surface area contributed by atoms with E-state index >= 15 is 0 Å². The molecule has 8 heteroatoms. The zero-order chi connectivity index (χ0) is 22.7. The van der Waals surface area contributed by atoms with Crippen molar-refractivity contribution in [1.82, 2.24) is 9.78 Å². The van der Waals surface area contributed by atoms with E-state index in [0.717, 1.165) is 37.7 Å². The second kappa shape index (κ2) is 7.51. The topological polar surface area (TPSA) is 93.4 Å². The molecule has 4 bridgehead atoms. The number of nitrogens with zero attached hydrogens (tertiary/aromatic N) is 2. The van der Waals surface area contributed by atoms with Crippen LogP contribution in [0.5, 0.6) is 5.75 Å². The molecule has 2 atom stereocenters. The van der Waals surface area contributed by atoms with E-state index in [0.29, 0.717) is 35.4 Å². The molecule has 4 aliphatic rings. The summed E-state index contributed by atoms with van der Waals surface area (Å²) in [6, 6.07) is 5.73. The summed E-state index contributed by atoms with van der Waals surface area (Å²) >= 11 is 6.57. The molecule has 2 aromatic rings. The standard InChI is InChI=1S/C24H28ClN3O4/c1-14-3-4-19(32-2)17(5-14)27-18-12-26-28(22(31)21(18)25)24-9-15-6-16(10-24)8-23(7-15,13-24)11-20(29)30/h3-5,12,15-16,27H,6-11,13H2,1-2H3,(H,29,30)/t15-,16-,23?,24?/m0/s1. The zero-order valence-corrected chi connectivity index (χ0v) is 19.1. The Morgan fingerprint density at radius 1 is 1.28 bits per heavy atom. The molecule has 1 aromatic carbocycles. The number of carboxylic acid groups (broad SMARTS) is 1. The number of anilines is 2. The molecule has 1 heterocycles. The molecule has 4 aliphatic carbocycles. The fraction of sp³-hybridized carbons (Fsp3) is 0.542. The van der Waals surface area contributed by atoms with Crippen LogP contribution >= 0.6 is 11.6 Å². The molecule has 1 aromatic heterocycles. The third-order valence-electron chi connectivity index (χ3n) is 7.67. The average molecular weight is 458 g/mol. The highest BCUT2D eigenvalue weighted by Crippen LogP contribution is 2.65. The fourth-order valence-corrected chi connectivity index (χ4v) is 7.28. The number of aromatic nitrogens is 2. The van der Waals surface area contributed by atoms with E-state index < -0.39 is 11.5 Å². The highest BCUT2D eigenvalue weighted by Gasteiger charge is 2.59. The largest absolute Gasteiger partial charge is 0.495 e. The number of halogens is 1. The van der Waals surface area contributed by atoms with Crippen LogP contribution in [0.1, 0.15) is 50.5 Å². The summed E-state index contributed by atoms with van der Waals surface area (Å²) in [5.74, 6) is 0.773. The fourth-order valence-electron chi connectivity index (χ4n) is 7.10. The van der Waals surface area contributed by atoms with Crippen molar-refractivity contribution < 1.29 is 14.6 Å². The van der Waals surface area contributed by atoms with Crippen LogP contribution in [-0.4, -0.2) is 28.0 Å². The van der Waals surface area contributed by atoms with Crippen molar-refractivity contribution in [2.45, 2.75) is 57.4 Å². The van der Waals surface area contributed by atoms with Crippen molar-refractivity contribution in [3.05, 3.63) is 45.3 Å². The summed E-state index contributed by atoms with van der Waals surface area (Å²) in [6.45, 7) is 1.97. The van der Waals surface area contributed by atoms with E-state index in [2.05, 4.69) is 10.4 Å². The van der Waals surface area contributed by atoms with Crippen LogP contribution in [0.25, 0.3) is 0 Å². The number of nitrogens with one attached hydrogen (secondary N) is 1. The number of carbonyl (C=O) groups is 1. The second-order valence-corrected chi connectivity index (χ2v) is 10.6. The first kappa shape index (κ1) is 21.3. The highest BCUT2D eigenvalue weighted by atomic mass is 35.5. The van der Waals surface area contributed by atoms with E-state index in [1.54, 1.807) is 18.0 Å². The maximum atomic E-state index is 13.4. The molecule has 6 rings (SSSR count). The van der Waals surface area contributed by atoms with Crippen LogP contribution in [0, 0.1) is 24.2 Å². The number of hydrogen-bond acceptors (Lipinski definition) is 5. The van der Waals surface area contributed by atoms with Gasteiger partial charge in [-0.1, -0.05) is 17.7 Å². The van der Waals surface area contributed by atoms with Gasteiger partial charge in [-0.15, -0.1) is 0 Å². The zero-order valence-electron chi connectivity index (χ0n) is 18.4. The minimum absolute atomic E-state index is 0.0894. The molecule has 0 amide bonds. The van der Waals surface area contributed by atoms with Crippen LogP contribution in [0.15, 0.2) is 29.2 Å². The molecule has 4 fully saturated rings. The van der Waals surface area contributed by atoms with Gasteiger partial charge in [-0.3, -0.25) is 9.59 Å². The third kappa shape index (κ3) is 3.47. The monoisotopic (exact) mass is 457 g/mol. The van der Waals surface area contributed by atoms with Gasteiger partial charge in [0, 0.05) is 0 Å². The van der Waals surface area contributed by atoms with Crippen LogP contribution in [-0.2, 0) is 10.3 Å². The van der Waals surface area contributed by atoms with Crippen molar-refractivity contribution in [3.8, 4) is 5.75 Å². The van der Waals surface area contributed by atoms with Gasteiger partial charge in [0.15, 0.2) is 0 Å². The first-order chi connectivity index (χ1) is 15.2. The van der Waals surface area contributed by atoms with Crippen molar-refractivity contribution in [1.29, 1.82) is 0 Å². The second-order valence-electron chi connectivity index (χ2n) is 10.2. The molecule has 32 heavy (non-hydrogen) atoms. The van der Waals surface area contributed by atoms with Crippen LogP contribution < -0.4 is 15.6 Å². The Morgan fingerprint density at radius 2 is 2.00 bits per heavy atom. The molecule has 2 N–H and O–H groups in total. The lowest BCUT2D eigenvalue weighted by Crippen LogP contribution is -2.59. The molecule has 170 valence electrons. The molecule has 0 spiro atoms. The summed E-state index contributed by atoms with van der Waals surface area (Å²) < 4.78 is 6.99. The maximum Gasteiger partial charge on any atom is 0.303 e. The van der Waals surface area contributed by atoms with Crippen molar-refractivity contribution in [3.63, 3.8) is 0 Å². The van der Waals surface area contributed by atoms with Crippen molar-refractivity contribution in [2.24, 2.45) is 17.3 Å². The molecular formula is C24H28ClN3O4.